The van der Waals surface area contributed by atoms with Crippen molar-refractivity contribution >= 4 is 0 Å². The summed E-state index contributed by atoms with van der Waals surface area (Å²) in [6.45, 7) is 3.81. The summed E-state index contributed by atoms with van der Waals surface area (Å²) in [7, 11) is 0. The fourth-order valence-electron chi connectivity index (χ4n) is 3.07. The molecule has 6 heteroatoms. The van der Waals surface area contributed by atoms with Crippen LogP contribution in [0.4, 0.5) is 0 Å². The van der Waals surface area contributed by atoms with Crippen molar-refractivity contribution in [2.75, 3.05) is 13.2 Å². The van der Waals surface area contributed by atoms with E-state index >= 15 is 0 Å². The lowest BCUT2D eigenvalue weighted by atomic mass is 9.96. The highest BCUT2D eigenvalue weighted by Gasteiger charge is 2.65. The van der Waals surface area contributed by atoms with Gasteiger partial charge in [0.2, 0.25) is 0 Å². The van der Waals surface area contributed by atoms with Crippen molar-refractivity contribution in [2.45, 2.75) is 50.3 Å². The van der Waals surface area contributed by atoms with Gasteiger partial charge in [-0.3, -0.25) is 0 Å². The van der Waals surface area contributed by atoms with Crippen molar-refractivity contribution in [3.63, 3.8) is 0 Å². The van der Waals surface area contributed by atoms with Crippen molar-refractivity contribution in [1.82, 2.24) is 0 Å². The summed E-state index contributed by atoms with van der Waals surface area (Å²) >= 11 is 0. The summed E-state index contributed by atoms with van der Waals surface area (Å²) in [5, 5.41) is 19.8. The predicted octanol–water partition coefficient (Wildman–Crippen LogP) is 0.803. The zero-order valence-electron chi connectivity index (χ0n) is 12.8. The van der Waals surface area contributed by atoms with Crippen LogP contribution in [0, 0.1) is 0 Å². The first kappa shape index (κ1) is 15.9. The molecule has 2 aliphatic rings. The molecule has 1 unspecified atom stereocenters. The first-order valence-electron chi connectivity index (χ1n) is 7.41. The monoisotopic (exact) mass is 310 g/mol. The molecule has 0 aliphatic carbocycles. The minimum Gasteiger partial charge on any atom is -0.393 e. The maximum Gasteiger partial charge on any atom is 0.189 e. The number of benzene rings is 1. The van der Waals surface area contributed by atoms with Gasteiger partial charge in [0.1, 0.15) is 12.2 Å². The van der Waals surface area contributed by atoms with Crippen LogP contribution in [0.2, 0.25) is 0 Å². The maximum absolute atomic E-state index is 10.1. The van der Waals surface area contributed by atoms with Crippen LogP contribution in [-0.4, -0.2) is 53.3 Å². The molecule has 0 spiro atoms. The molecule has 0 bridgehead atoms. The van der Waals surface area contributed by atoms with Crippen LogP contribution < -0.4 is 0 Å². The van der Waals surface area contributed by atoms with Crippen LogP contribution in [0.5, 0.6) is 0 Å². The zero-order chi connectivity index (χ0) is 15.8. The lowest BCUT2D eigenvalue weighted by Crippen LogP contribution is -2.50. The summed E-state index contributed by atoms with van der Waals surface area (Å²) in [5.74, 6) is -0.879. The van der Waals surface area contributed by atoms with E-state index in [1.165, 1.54) is 0 Å². The van der Waals surface area contributed by atoms with Crippen molar-refractivity contribution in [2.24, 2.45) is 0 Å². The molecular weight excluding hydrogens is 288 g/mol. The van der Waals surface area contributed by atoms with E-state index in [9.17, 15) is 10.2 Å². The normalized spacial score (nSPS) is 36.5. The van der Waals surface area contributed by atoms with Crippen molar-refractivity contribution in [3.05, 3.63) is 35.9 Å². The Morgan fingerprint density at radius 1 is 1.23 bits per heavy atom. The van der Waals surface area contributed by atoms with Gasteiger partial charge in [-0.25, -0.2) is 0 Å². The Bertz CT molecular complexity index is 505. The van der Waals surface area contributed by atoms with Gasteiger partial charge in [0.15, 0.2) is 17.7 Å². The van der Waals surface area contributed by atoms with Crippen molar-refractivity contribution in [3.8, 4) is 0 Å². The van der Waals surface area contributed by atoms with Crippen molar-refractivity contribution < 1.29 is 29.2 Å². The Kier molecular flexibility index (Phi) is 4.24. The van der Waals surface area contributed by atoms with Gasteiger partial charge in [-0.2, -0.15) is 0 Å². The third-order valence-electron chi connectivity index (χ3n) is 4.03. The standard InChI is InChI=1S/C16H22O6/c1-15(2)21-13-12(20-14(18)16(13,10-17)22-15)9-19-8-11-6-4-3-5-7-11/h3-7,12-14,17-18H,8-10H2,1-2H3/t12-,13-,14?,16-/m1/s1. The second-order valence-electron chi connectivity index (χ2n) is 6.18. The molecule has 122 valence electrons. The van der Waals surface area contributed by atoms with E-state index in [1.54, 1.807) is 13.8 Å². The number of aliphatic hydroxyl groups excluding tert-OH is 2. The van der Waals surface area contributed by atoms with Gasteiger partial charge < -0.3 is 29.2 Å². The molecule has 0 saturated carbocycles. The van der Waals surface area contributed by atoms with E-state index in [0.717, 1.165) is 5.56 Å². The molecule has 6 nitrogen and oxygen atoms in total. The third kappa shape index (κ3) is 2.78. The molecule has 1 aromatic carbocycles. The summed E-state index contributed by atoms with van der Waals surface area (Å²) < 4.78 is 22.7. The van der Waals surface area contributed by atoms with E-state index < -0.39 is 29.9 Å². The molecule has 2 saturated heterocycles. The maximum atomic E-state index is 10.1. The highest BCUT2D eigenvalue weighted by atomic mass is 16.8. The Balaban J connectivity index is 1.63. The summed E-state index contributed by atoms with van der Waals surface area (Å²) in [6, 6.07) is 9.78. The van der Waals surface area contributed by atoms with Crippen molar-refractivity contribution in [1.29, 1.82) is 0 Å². The van der Waals surface area contributed by atoms with Crippen LogP contribution in [0.25, 0.3) is 0 Å². The number of ether oxygens (including phenoxy) is 4. The number of rotatable bonds is 5. The number of hydrogen-bond donors (Lipinski definition) is 2. The Labute approximate surface area is 129 Å². The van der Waals surface area contributed by atoms with Crippen LogP contribution in [0.3, 0.4) is 0 Å². The quantitative estimate of drug-likeness (QED) is 0.838. The molecule has 2 N–H and O–H groups in total. The molecule has 3 rings (SSSR count). The number of hydrogen-bond acceptors (Lipinski definition) is 6. The Morgan fingerprint density at radius 3 is 2.64 bits per heavy atom. The molecule has 1 aromatic rings. The molecule has 2 heterocycles. The van der Waals surface area contributed by atoms with Crippen LogP contribution in [-0.2, 0) is 25.6 Å². The smallest absolute Gasteiger partial charge is 0.189 e. The topological polar surface area (TPSA) is 77.4 Å². The molecule has 4 atom stereocenters. The number of fused-ring (bicyclic) bond motifs is 1. The highest BCUT2D eigenvalue weighted by molar-refractivity contribution is 5.13. The minimum atomic E-state index is -1.25. The summed E-state index contributed by atoms with van der Waals surface area (Å²) in [5.41, 5.74) is -0.192. The van der Waals surface area contributed by atoms with Gasteiger partial charge in [-0.05, 0) is 19.4 Å². The molecule has 22 heavy (non-hydrogen) atoms. The fourth-order valence-corrected chi connectivity index (χ4v) is 3.07. The van der Waals surface area contributed by atoms with Crippen LogP contribution in [0.1, 0.15) is 19.4 Å². The Morgan fingerprint density at radius 2 is 1.95 bits per heavy atom. The first-order valence-corrected chi connectivity index (χ1v) is 7.41. The molecule has 0 aromatic heterocycles. The van der Waals surface area contributed by atoms with E-state index in [0.29, 0.717) is 6.61 Å². The molecule has 0 radical (unpaired) electrons. The lowest BCUT2D eigenvalue weighted by molar-refractivity contribution is -0.255. The van der Waals surface area contributed by atoms with E-state index in [2.05, 4.69) is 0 Å². The molecule has 0 amide bonds. The summed E-state index contributed by atoms with van der Waals surface area (Å²) in [4.78, 5) is 0. The zero-order valence-corrected chi connectivity index (χ0v) is 12.8. The SMILES string of the molecule is CC1(C)O[C@@H]2[C@@H](COCc3ccccc3)OC(O)[C@]2(CO)O1. The van der Waals surface area contributed by atoms with Crippen LogP contribution >= 0.6 is 0 Å². The van der Waals surface area contributed by atoms with Gasteiger partial charge in [0, 0.05) is 0 Å². The fraction of sp³-hybridized carbons (Fsp3) is 0.625. The van der Waals surface area contributed by atoms with Gasteiger partial charge in [0.05, 0.1) is 19.8 Å². The van der Waals surface area contributed by atoms with E-state index in [-0.39, 0.29) is 13.2 Å². The van der Waals surface area contributed by atoms with Gasteiger partial charge in [0.25, 0.3) is 0 Å². The van der Waals surface area contributed by atoms with E-state index in [1.807, 2.05) is 30.3 Å². The van der Waals surface area contributed by atoms with E-state index in [4.69, 9.17) is 18.9 Å². The largest absolute Gasteiger partial charge is 0.393 e. The third-order valence-corrected chi connectivity index (χ3v) is 4.03. The average molecular weight is 310 g/mol. The average Bonchev–Trinajstić information content (AvgIpc) is 2.91. The second kappa shape index (κ2) is 5.88. The predicted molar refractivity (Wildman–Crippen MR) is 76.8 cm³/mol. The molecule has 2 fully saturated rings. The Hall–Kier alpha value is -1.02. The molecular formula is C16H22O6. The van der Waals surface area contributed by atoms with Gasteiger partial charge in [-0.1, -0.05) is 30.3 Å². The number of aliphatic hydroxyl groups is 2. The molecule has 2 aliphatic heterocycles. The first-order chi connectivity index (χ1) is 10.5. The second-order valence-corrected chi connectivity index (χ2v) is 6.18. The highest BCUT2D eigenvalue weighted by Crippen LogP contribution is 2.45. The summed E-state index contributed by atoms with van der Waals surface area (Å²) in [6.07, 6.45) is -2.31. The van der Waals surface area contributed by atoms with Crippen LogP contribution in [0.15, 0.2) is 30.3 Å². The lowest BCUT2D eigenvalue weighted by Gasteiger charge is -2.27. The van der Waals surface area contributed by atoms with Gasteiger partial charge in [-0.15, -0.1) is 0 Å². The minimum absolute atomic E-state index is 0.248. The van der Waals surface area contributed by atoms with Gasteiger partial charge >= 0.3 is 0 Å².